The summed E-state index contributed by atoms with van der Waals surface area (Å²) in [6.45, 7) is 1.93. The van der Waals surface area contributed by atoms with Gasteiger partial charge in [-0.3, -0.25) is 10.4 Å². The molecule has 0 atom stereocenters. The van der Waals surface area contributed by atoms with Crippen molar-refractivity contribution >= 4 is 23.0 Å². The molecule has 1 aromatic heterocycles. The summed E-state index contributed by atoms with van der Waals surface area (Å²) in [5.41, 5.74) is 5.68. The van der Waals surface area contributed by atoms with E-state index in [9.17, 15) is 0 Å². The number of hydrogen-bond acceptors (Lipinski definition) is 3. The lowest BCUT2D eigenvalue weighted by atomic mass is 10.2. The van der Waals surface area contributed by atoms with Crippen LogP contribution in [0.2, 0.25) is 5.02 Å². The lowest BCUT2D eigenvalue weighted by Gasteiger charge is -2.03. The molecule has 0 aliphatic heterocycles. The lowest BCUT2D eigenvalue weighted by Crippen LogP contribution is -1.99. The van der Waals surface area contributed by atoms with Crippen LogP contribution < -0.4 is 5.43 Å². The molecular formula is C13H12ClN3. The fourth-order valence-corrected chi connectivity index (χ4v) is 1.54. The molecule has 0 radical (unpaired) electrons. The van der Waals surface area contributed by atoms with Gasteiger partial charge in [0, 0.05) is 23.0 Å². The van der Waals surface area contributed by atoms with Crippen molar-refractivity contribution in [2.75, 3.05) is 5.43 Å². The maximum Gasteiger partial charge on any atom is 0.0663 e. The predicted octanol–water partition coefficient (Wildman–Crippen LogP) is 3.57. The van der Waals surface area contributed by atoms with E-state index in [2.05, 4.69) is 15.5 Å². The van der Waals surface area contributed by atoms with Gasteiger partial charge in [-0.1, -0.05) is 23.7 Å². The van der Waals surface area contributed by atoms with Gasteiger partial charge in [0.25, 0.3) is 0 Å². The Morgan fingerprint density at radius 2 is 2.18 bits per heavy atom. The van der Waals surface area contributed by atoms with Gasteiger partial charge in [0.15, 0.2) is 0 Å². The van der Waals surface area contributed by atoms with Gasteiger partial charge in [-0.25, -0.2) is 0 Å². The summed E-state index contributed by atoms with van der Waals surface area (Å²) < 4.78 is 0. The number of anilines is 1. The molecule has 17 heavy (non-hydrogen) atoms. The van der Waals surface area contributed by atoms with Crippen LogP contribution in [0.3, 0.4) is 0 Å². The first kappa shape index (κ1) is 11.6. The van der Waals surface area contributed by atoms with Crippen molar-refractivity contribution < 1.29 is 0 Å². The topological polar surface area (TPSA) is 37.3 Å². The number of hydrogen-bond donors (Lipinski definition) is 1. The molecule has 4 heteroatoms. The molecular weight excluding hydrogens is 234 g/mol. The molecule has 0 unspecified atom stereocenters. The number of aromatic nitrogens is 1. The van der Waals surface area contributed by atoms with E-state index >= 15 is 0 Å². The van der Waals surface area contributed by atoms with Crippen LogP contribution in [0, 0.1) is 0 Å². The monoisotopic (exact) mass is 245 g/mol. The van der Waals surface area contributed by atoms with Gasteiger partial charge in [-0.2, -0.15) is 5.10 Å². The molecule has 2 rings (SSSR count). The van der Waals surface area contributed by atoms with E-state index in [4.69, 9.17) is 11.6 Å². The standard InChI is InChI=1S/C13H12ClN3/c1-10(11-4-3-7-15-9-11)16-17-13-6-2-5-12(14)8-13/h2-9,17H,1H3/b16-10+. The van der Waals surface area contributed by atoms with Crippen LogP contribution in [-0.4, -0.2) is 10.7 Å². The normalized spacial score (nSPS) is 11.3. The van der Waals surface area contributed by atoms with Crippen molar-refractivity contribution in [2.24, 2.45) is 5.10 Å². The van der Waals surface area contributed by atoms with Crippen LogP contribution in [-0.2, 0) is 0 Å². The fraction of sp³-hybridized carbons (Fsp3) is 0.0769. The van der Waals surface area contributed by atoms with Gasteiger partial charge < -0.3 is 0 Å². The van der Waals surface area contributed by atoms with Gasteiger partial charge in [0.2, 0.25) is 0 Å². The number of pyridine rings is 1. The number of nitrogens with zero attached hydrogens (tertiary/aromatic N) is 2. The van der Waals surface area contributed by atoms with Crippen molar-refractivity contribution in [1.82, 2.24) is 4.98 Å². The van der Waals surface area contributed by atoms with Crippen molar-refractivity contribution in [3.63, 3.8) is 0 Å². The van der Waals surface area contributed by atoms with Gasteiger partial charge in [0.05, 0.1) is 11.4 Å². The number of nitrogens with one attached hydrogen (secondary N) is 1. The minimum absolute atomic E-state index is 0.684. The summed E-state index contributed by atoms with van der Waals surface area (Å²) >= 11 is 5.88. The Kier molecular flexibility index (Phi) is 3.73. The lowest BCUT2D eigenvalue weighted by molar-refractivity contribution is 1.28. The van der Waals surface area contributed by atoms with Gasteiger partial charge >= 0.3 is 0 Å². The van der Waals surface area contributed by atoms with Crippen molar-refractivity contribution in [1.29, 1.82) is 0 Å². The summed E-state index contributed by atoms with van der Waals surface area (Å²) in [6, 6.07) is 11.3. The SMILES string of the molecule is C/C(=N\Nc1cccc(Cl)c1)c1cccnc1. The molecule has 0 bridgehead atoms. The Labute approximate surface area is 105 Å². The molecule has 1 N–H and O–H groups in total. The average molecular weight is 246 g/mol. The quantitative estimate of drug-likeness (QED) is 0.663. The molecule has 2 aromatic rings. The Balaban J connectivity index is 2.11. The molecule has 1 heterocycles. The Hall–Kier alpha value is -1.87. The van der Waals surface area contributed by atoms with Crippen LogP contribution in [0.25, 0.3) is 0 Å². The first-order valence-electron chi connectivity index (χ1n) is 5.22. The Morgan fingerprint density at radius 3 is 2.88 bits per heavy atom. The first-order chi connectivity index (χ1) is 8.25. The molecule has 0 fully saturated rings. The summed E-state index contributed by atoms with van der Waals surface area (Å²) in [5.74, 6) is 0. The molecule has 1 aromatic carbocycles. The fourth-order valence-electron chi connectivity index (χ4n) is 1.35. The minimum atomic E-state index is 0.684. The Morgan fingerprint density at radius 1 is 1.29 bits per heavy atom. The molecule has 0 aliphatic rings. The predicted molar refractivity (Wildman–Crippen MR) is 71.5 cm³/mol. The molecule has 0 amide bonds. The van der Waals surface area contributed by atoms with E-state index < -0.39 is 0 Å². The van der Waals surface area contributed by atoms with E-state index in [1.165, 1.54) is 0 Å². The smallest absolute Gasteiger partial charge is 0.0663 e. The third-order valence-corrected chi connectivity index (χ3v) is 2.49. The summed E-state index contributed by atoms with van der Waals surface area (Å²) in [7, 11) is 0. The van der Waals surface area contributed by atoms with Crippen LogP contribution >= 0.6 is 11.6 Å². The zero-order valence-electron chi connectivity index (χ0n) is 9.39. The third kappa shape index (κ3) is 3.29. The number of benzene rings is 1. The van der Waals surface area contributed by atoms with E-state index in [-0.39, 0.29) is 0 Å². The number of rotatable bonds is 3. The second-order valence-corrected chi connectivity index (χ2v) is 4.00. The summed E-state index contributed by atoms with van der Waals surface area (Å²) in [4.78, 5) is 4.05. The summed E-state index contributed by atoms with van der Waals surface area (Å²) in [6.07, 6.45) is 3.51. The van der Waals surface area contributed by atoms with Gasteiger partial charge in [0.1, 0.15) is 0 Å². The van der Waals surface area contributed by atoms with Crippen molar-refractivity contribution in [2.45, 2.75) is 6.92 Å². The van der Waals surface area contributed by atoms with Gasteiger partial charge in [-0.15, -0.1) is 0 Å². The minimum Gasteiger partial charge on any atom is -0.278 e. The number of halogens is 1. The average Bonchev–Trinajstić information content (AvgIpc) is 2.37. The molecule has 0 saturated carbocycles. The van der Waals surface area contributed by atoms with E-state index in [0.29, 0.717) is 5.02 Å². The summed E-state index contributed by atoms with van der Waals surface area (Å²) in [5, 5.41) is 4.96. The largest absolute Gasteiger partial charge is 0.278 e. The van der Waals surface area contributed by atoms with E-state index in [1.54, 1.807) is 12.4 Å². The molecule has 0 spiro atoms. The number of hydrazone groups is 1. The molecule has 0 aliphatic carbocycles. The zero-order valence-corrected chi connectivity index (χ0v) is 10.1. The molecule has 86 valence electrons. The van der Waals surface area contributed by atoms with Crippen molar-refractivity contribution in [3.8, 4) is 0 Å². The van der Waals surface area contributed by atoms with E-state index in [0.717, 1.165) is 17.0 Å². The maximum atomic E-state index is 5.88. The second-order valence-electron chi connectivity index (χ2n) is 3.56. The van der Waals surface area contributed by atoms with Crippen molar-refractivity contribution in [3.05, 3.63) is 59.4 Å². The third-order valence-electron chi connectivity index (χ3n) is 2.26. The highest BCUT2D eigenvalue weighted by Gasteiger charge is 1.96. The second kappa shape index (κ2) is 5.46. The maximum absolute atomic E-state index is 5.88. The van der Waals surface area contributed by atoms with Gasteiger partial charge in [-0.05, 0) is 31.2 Å². The molecule has 3 nitrogen and oxygen atoms in total. The highest BCUT2D eigenvalue weighted by atomic mass is 35.5. The van der Waals surface area contributed by atoms with E-state index in [1.807, 2.05) is 43.3 Å². The van der Waals surface area contributed by atoms with Crippen LogP contribution in [0.5, 0.6) is 0 Å². The highest BCUT2D eigenvalue weighted by Crippen LogP contribution is 2.14. The van der Waals surface area contributed by atoms with Crippen LogP contribution in [0.15, 0.2) is 53.9 Å². The molecule has 0 saturated heterocycles. The zero-order chi connectivity index (χ0) is 12.1. The van der Waals surface area contributed by atoms with Crippen LogP contribution in [0.4, 0.5) is 5.69 Å². The first-order valence-corrected chi connectivity index (χ1v) is 5.60. The highest BCUT2D eigenvalue weighted by molar-refractivity contribution is 6.30. The van der Waals surface area contributed by atoms with Crippen LogP contribution in [0.1, 0.15) is 12.5 Å². The Bertz CT molecular complexity index is 523.